The minimum Gasteiger partial charge on any atom is -0.476 e. The first-order chi connectivity index (χ1) is 8.66. The highest BCUT2D eigenvalue weighted by Crippen LogP contribution is 2.24. The fourth-order valence-corrected chi connectivity index (χ4v) is 2.23. The molecule has 0 radical (unpaired) electrons. The second-order valence-electron chi connectivity index (χ2n) is 4.57. The van der Waals surface area contributed by atoms with Crippen molar-refractivity contribution in [2.24, 2.45) is 5.92 Å². The highest BCUT2D eigenvalue weighted by Gasteiger charge is 2.21. The van der Waals surface area contributed by atoms with Crippen molar-refractivity contribution in [3.05, 3.63) is 18.2 Å². The molecule has 0 saturated heterocycles. The molecule has 1 aromatic rings. The molecule has 6 nitrogen and oxygen atoms in total. The average molecular weight is 251 g/mol. The Morgan fingerprint density at radius 2 is 2.17 bits per heavy atom. The number of carbonyl (C=O) groups excluding carboxylic acids is 1. The second-order valence-corrected chi connectivity index (χ2v) is 4.57. The van der Waals surface area contributed by atoms with E-state index in [1.807, 2.05) is 0 Å². The van der Waals surface area contributed by atoms with Crippen LogP contribution >= 0.6 is 0 Å². The van der Waals surface area contributed by atoms with E-state index in [9.17, 15) is 9.59 Å². The molecule has 0 aromatic carbocycles. The maximum Gasteiger partial charge on any atom is 0.356 e. The van der Waals surface area contributed by atoms with E-state index in [2.05, 4.69) is 10.3 Å². The largest absolute Gasteiger partial charge is 0.476 e. The van der Waals surface area contributed by atoms with Crippen molar-refractivity contribution < 1.29 is 14.7 Å². The summed E-state index contributed by atoms with van der Waals surface area (Å²) in [6, 6.07) is 0. The van der Waals surface area contributed by atoms with Crippen LogP contribution in [0.4, 0.5) is 0 Å². The van der Waals surface area contributed by atoms with Crippen LogP contribution < -0.4 is 5.32 Å². The van der Waals surface area contributed by atoms with Crippen molar-refractivity contribution in [1.29, 1.82) is 0 Å². The predicted octanol–water partition coefficient (Wildman–Crippen LogP) is 0.888. The molecule has 2 N–H and O–H groups in total. The van der Waals surface area contributed by atoms with Gasteiger partial charge < -0.3 is 15.0 Å². The van der Waals surface area contributed by atoms with Gasteiger partial charge in [-0.15, -0.1) is 0 Å². The molecule has 1 aromatic heterocycles. The Labute approximate surface area is 105 Å². The normalized spacial score (nSPS) is 15.8. The maximum absolute atomic E-state index is 11.7. The number of aromatic carboxylic acids is 1. The van der Waals surface area contributed by atoms with Crippen LogP contribution in [0, 0.1) is 5.92 Å². The van der Waals surface area contributed by atoms with E-state index in [0.717, 1.165) is 25.7 Å². The quantitative estimate of drug-likeness (QED) is 0.814. The summed E-state index contributed by atoms with van der Waals surface area (Å²) in [4.78, 5) is 26.1. The third-order valence-electron chi connectivity index (χ3n) is 3.25. The van der Waals surface area contributed by atoms with E-state index >= 15 is 0 Å². The molecule has 6 heteroatoms. The minimum absolute atomic E-state index is 0.0251. The van der Waals surface area contributed by atoms with Gasteiger partial charge in [-0.25, -0.2) is 9.78 Å². The summed E-state index contributed by atoms with van der Waals surface area (Å²) in [6.45, 7) is 1.05. The molecule has 1 heterocycles. The van der Waals surface area contributed by atoms with Crippen LogP contribution in [0.2, 0.25) is 0 Å². The van der Waals surface area contributed by atoms with Crippen LogP contribution in [0.25, 0.3) is 0 Å². The molecule has 0 atom stereocenters. The lowest BCUT2D eigenvalue weighted by Gasteiger charge is -2.10. The molecule has 1 saturated carbocycles. The number of rotatable bonds is 5. The van der Waals surface area contributed by atoms with E-state index in [1.54, 1.807) is 4.57 Å². The van der Waals surface area contributed by atoms with E-state index in [1.165, 1.54) is 12.5 Å². The molecule has 0 unspecified atom stereocenters. The number of imidazole rings is 1. The molecule has 2 rings (SSSR count). The number of carbonyl (C=O) groups is 2. The summed E-state index contributed by atoms with van der Waals surface area (Å²) < 4.78 is 1.67. The summed E-state index contributed by atoms with van der Waals surface area (Å²) in [5, 5.41) is 11.6. The fourth-order valence-electron chi connectivity index (χ4n) is 2.23. The highest BCUT2D eigenvalue weighted by molar-refractivity contribution is 5.84. The third kappa shape index (κ3) is 3.09. The molecular weight excluding hydrogens is 234 g/mol. The lowest BCUT2D eigenvalue weighted by atomic mass is 10.1. The molecule has 1 fully saturated rings. The van der Waals surface area contributed by atoms with Crippen molar-refractivity contribution in [1.82, 2.24) is 14.9 Å². The van der Waals surface area contributed by atoms with E-state index in [4.69, 9.17) is 5.11 Å². The minimum atomic E-state index is -1.04. The van der Waals surface area contributed by atoms with Crippen molar-refractivity contribution in [3.8, 4) is 0 Å². The van der Waals surface area contributed by atoms with Crippen LogP contribution in [0.5, 0.6) is 0 Å². The molecular formula is C12H17N3O3. The number of carboxylic acid groups (broad SMARTS) is 1. The smallest absolute Gasteiger partial charge is 0.356 e. The SMILES string of the molecule is O=C(O)c1cn(CCNC(=O)C2CCCC2)cn1. The number of hydrogen-bond donors (Lipinski definition) is 2. The van der Waals surface area contributed by atoms with Gasteiger partial charge in [0.15, 0.2) is 5.69 Å². The van der Waals surface area contributed by atoms with E-state index < -0.39 is 5.97 Å². The number of nitrogens with zero attached hydrogens (tertiary/aromatic N) is 2. The Kier molecular flexibility index (Phi) is 3.96. The van der Waals surface area contributed by atoms with Gasteiger partial charge in [0.1, 0.15) is 0 Å². The molecule has 98 valence electrons. The number of aromatic nitrogens is 2. The zero-order chi connectivity index (χ0) is 13.0. The van der Waals surface area contributed by atoms with Gasteiger partial charge in [0.2, 0.25) is 5.91 Å². The Hall–Kier alpha value is -1.85. The van der Waals surface area contributed by atoms with Crippen LogP contribution in [0.1, 0.15) is 36.2 Å². The Morgan fingerprint density at radius 3 is 2.78 bits per heavy atom. The van der Waals surface area contributed by atoms with Gasteiger partial charge in [0, 0.05) is 25.2 Å². The molecule has 1 aliphatic rings. The van der Waals surface area contributed by atoms with Crippen molar-refractivity contribution in [2.45, 2.75) is 32.2 Å². The summed E-state index contributed by atoms with van der Waals surface area (Å²) in [7, 11) is 0. The van der Waals surface area contributed by atoms with Gasteiger partial charge in [-0.1, -0.05) is 12.8 Å². The number of nitrogens with one attached hydrogen (secondary N) is 1. The molecule has 0 aliphatic heterocycles. The summed E-state index contributed by atoms with van der Waals surface area (Å²) >= 11 is 0. The highest BCUT2D eigenvalue weighted by atomic mass is 16.4. The predicted molar refractivity (Wildman–Crippen MR) is 64.2 cm³/mol. The Balaban J connectivity index is 1.74. The zero-order valence-electron chi connectivity index (χ0n) is 10.1. The lowest BCUT2D eigenvalue weighted by molar-refractivity contribution is -0.124. The Bertz CT molecular complexity index is 436. The third-order valence-corrected chi connectivity index (χ3v) is 3.25. The molecule has 1 amide bonds. The Morgan fingerprint density at radius 1 is 1.44 bits per heavy atom. The molecule has 18 heavy (non-hydrogen) atoms. The zero-order valence-corrected chi connectivity index (χ0v) is 10.1. The standard InChI is InChI=1S/C12H17N3O3/c16-11(9-3-1-2-4-9)13-5-6-15-7-10(12(17)18)14-8-15/h7-9H,1-6H2,(H,13,16)(H,17,18). The average Bonchev–Trinajstić information content (AvgIpc) is 3.00. The number of carboxylic acids is 1. The molecule has 0 spiro atoms. The second kappa shape index (κ2) is 5.66. The van der Waals surface area contributed by atoms with Crippen molar-refractivity contribution in [2.75, 3.05) is 6.54 Å². The summed E-state index contributed by atoms with van der Waals surface area (Å²) in [5.41, 5.74) is 0.0251. The van der Waals surface area contributed by atoms with Gasteiger partial charge in [0.05, 0.1) is 6.33 Å². The molecule has 1 aliphatic carbocycles. The van der Waals surface area contributed by atoms with Crippen molar-refractivity contribution in [3.63, 3.8) is 0 Å². The first-order valence-corrected chi connectivity index (χ1v) is 6.19. The van der Waals surface area contributed by atoms with Gasteiger partial charge in [0.25, 0.3) is 0 Å². The van der Waals surface area contributed by atoms with Crippen LogP contribution in [-0.4, -0.2) is 33.1 Å². The number of amides is 1. The van der Waals surface area contributed by atoms with Crippen LogP contribution in [0.15, 0.2) is 12.5 Å². The van der Waals surface area contributed by atoms with Crippen LogP contribution in [-0.2, 0) is 11.3 Å². The maximum atomic E-state index is 11.7. The van der Waals surface area contributed by atoms with Crippen LogP contribution in [0.3, 0.4) is 0 Å². The number of hydrogen-bond acceptors (Lipinski definition) is 3. The summed E-state index contributed by atoms with van der Waals surface area (Å²) in [6.07, 6.45) is 7.18. The van der Waals surface area contributed by atoms with Gasteiger partial charge in [-0.05, 0) is 12.8 Å². The topological polar surface area (TPSA) is 84.2 Å². The van der Waals surface area contributed by atoms with E-state index in [0.29, 0.717) is 13.1 Å². The van der Waals surface area contributed by atoms with E-state index in [-0.39, 0.29) is 17.5 Å². The lowest BCUT2D eigenvalue weighted by Crippen LogP contribution is -2.31. The van der Waals surface area contributed by atoms with Gasteiger partial charge >= 0.3 is 5.97 Å². The van der Waals surface area contributed by atoms with Crippen molar-refractivity contribution >= 4 is 11.9 Å². The molecule has 0 bridgehead atoms. The van der Waals surface area contributed by atoms with Gasteiger partial charge in [-0.3, -0.25) is 4.79 Å². The monoisotopic (exact) mass is 251 g/mol. The fraction of sp³-hybridized carbons (Fsp3) is 0.583. The first-order valence-electron chi connectivity index (χ1n) is 6.19. The summed E-state index contributed by atoms with van der Waals surface area (Å²) in [5.74, 6) is -0.753. The first kappa shape index (κ1) is 12.6. The van der Waals surface area contributed by atoms with Gasteiger partial charge in [-0.2, -0.15) is 0 Å².